The Labute approximate surface area is 309 Å². The maximum Gasteiger partial charge on any atom is 0.407 e. The number of cyclic esters (lactones) is 1. The van der Waals surface area contributed by atoms with E-state index in [2.05, 4.69) is 20.3 Å². The number of hydrogen-bond acceptors (Lipinski definition) is 10. The summed E-state index contributed by atoms with van der Waals surface area (Å²) in [4.78, 5) is 61.4. The lowest BCUT2D eigenvalue weighted by Crippen LogP contribution is -2.58. The molecule has 3 N–H and O–H groups in total. The van der Waals surface area contributed by atoms with Crippen LogP contribution >= 0.6 is 0 Å². The zero-order chi connectivity index (χ0) is 37.2. The summed E-state index contributed by atoms with van der Waals surface area (Å²) in [5.74, 6) is -1.28. The normalized spacial score (nSPS) is 29.8. The van der Waals surface area contributed by atoms with E-state index in [4.69, 9.17) is 14.2 Å². The zero-order valence-electron chi connectivity index (χ0n) is 29.9. The van der Waals surface area contributed by atoms with Crippen molar-refractivity contribution >= 4 is 50.7 Å². The molecule has 3 aliphatic heterocycles. The number of methoxy groups -OCH3 is 1. The molecular formula is C38H47N5O9S. The van der Waals surface area contributed by atoms with Crippen molar-refractivity contribution in [2.75, 3.05) is 20.3 Å². The number of allylic oxidation sites excluding steroid dienone is 2. The number of nitrogens with one attached hydrogen (secondary N) is 3. The number of sulfonamides is 1. The van der Waals surface area contributed by atoms with Crippen LogP contribution in [0.5, 0.6) is 11.6 Å². The molecule has 3 fully saturated rings. The first-order chi connectivity index (χ1) is 25.6. The van der Waals surface area contributed by atoms with Gasteiger partial charge in [-0.1, -0.05) is 37.1 Å². The molecular weight excluding hydrogens is 703 g/mol. The molecule has 2 aromatic rings. The number of ether oxygens (including phenoxy) is 3. The summed E-state index contributed by atoms with van der Waals surface area (Å²) < 4.78 is 45.5. The molecule has 1 aromatic heterocycles. The minimum Gasteiger partial charge on any atom is -0.496 e. The lowest BCUT2D eigenvalue weighted by molar-refractivity contribution is -0.141. The second-order valence-corrected chi connectivity index (χ2v) is 16.6. The molecule has 284 valence electrons. The van der Waals surface area contributed by atoms with Gasteiger partial charge in [-0.05, 0) is 81.4 Å². The van der Waals surface area contributed by atoms with E-state index >= 15 is 0 Å². The number of pyridine rings is 1. The number of aromatic nitrogens is 1. The molecule has 1 saturated heterocycles. The fourth-order valence-corrected chi connectivity index (χ4v) is 8.88. The topological polar surface area (TPSA) is 182 Å². The number of carbonyl (C=O) groups is 4. The van der Waals surface area contributed by atoms with Crippen LogP contribution in [0.3, 0.4) is 0 Å². The summed E-state index contributed by atoms with van der Waals surface area (Å²) in [7, 11) is -2.28. The van der Waals surface area contributed by atoms with Crippen LogP contribution in [0.15, 0.2) is 42.6 Å². The summed E-state index contributed by atoms with van der Waals surface area (Å²) in [6.07, 6.45) is 14.7. The molecule has 2 saturated carbocycles. The van der Waals surface area contributed by atoms with Crippen LogP contribution in [0.25, 0.3) is 16.8 Å². The zero-order valence-corrected chi connectivity index (χ0v) is 30.7. The molecule has 0 spiro atoms. The molecule has 5 atom stereocenters. The fraction of sp³-hybridized carbons (Fsp3) is 0.553. The molecule has 4 heterocycles. The lowest BCUT2D eigenvalue weighted by atomic mass is 10.0. The van der Waals surface area contributed by atoms with Crippen molar-refractivity contribution in [3.8, 4) is 11.6 Å². The van der Waals surface area contributed by atoms with E-state index in [9.17, 15) is 27.6 Å². The van der Waals surface area contributed by atoms with Gasteiger partial charge in [0.25, 0.3) is 5.91 Å². The maximum absolute atomic E-state index is 14.4. The van der Waals surface area contributed by atoms with Crippen molar-refractivity contribution in [3.05, 3.63) is 48.2 Å². The number of hydrogen-bond donors (Lipinski definition) is 3. The second kappa shape index (κ2) is 15.4. The fourth-order valence-electron chi connectivity index (χ4n) is 7.52. The van der Waals surface area contributed by atoms with Crippen molar-refractivity contribution in [3.63, 3.8) is 0 Å². The standard InChI is InChI=1S/C38H47N5O9S/c1-50-32-20-24-16-17-39-34-29(24)19-25(32)11-7-5-6-10-18-51-37(47)40-30-13-9-4-2-3-8-12-26-22-38(26,36(46)42-53(48,49)28-14-15-28)41-33(44)31-21-27(52-34)23-43(31)35(30)45/h7-8,11-12,16-17,19-20,26-28,30-31H,2-6,9-10,13-15,18,21-23H2,1H3,(H,40,47)(H,41,44)(H,42,46)/b11-7+,12-8-/t26-,27-,30+,31+,38-/m1/s1. The van der Waals surface area contributed by atoms with E-state index < -0.39 is 68.7 Å². The first kappa shape index (κ1) is 36.7. The number of carbonyl (C=O) groups excluding carboxylic acids is 4. The molecule has 4 amide bonds. The van der Waals surface area contributed by atoms with Crippen LogP contribution in [-0.2, 0) is 29.1 Å². The Morgan fingerprint density at radius 2 is 1.87 bits per heavy atom. The van der Waals surface area contributed by atoms with E-state index in [0.29, 0.717) is 50.2 Å². The van der Waals surface area contributed by atoms with Crippen molar-refractivity contribution < 1.29 is 41.8 Å². The van der Waals surface area contributed by atoms with Gasteiger partial charge >= 0.3 is 6.09 Å². The van der Waals surface area contributed by atoms with Gasteiger partial charge in [0.1, 0.15) is 29.5 Å². The molecule has 1 aromatic carbocycles. The molecule has 7 rings (SSSR count). The quantitative estimate of drug-likeness (QED) is 0.388. The number of rotatable bonds is 4. The number of benzene rings is 1. The van der Waals surface area contributed by atoms with E-state index in [1.165, 1.54) is 4.90 Å². The van der Waals surface area contributed by atoms with Crippen molar-refractivity contribution in [1.29, 1.82) is 0 Å². The SMILES string of the molecule is COc1cc2ccnc3c2cc1/C=C/CCCCOC(=O)N[C@H]1CCCCC/C=C\[C@@H]2C[C@@]2(C(=O)NS(=O)(=O)C2CC2)NC(=O)[C@@H]2C[C@H](CN2C1=O)O3. The number of amides is 4. The van der Waals surface area contributed by atoms with Crippen LogP contribution in [0.4, 0.5) is 4.79 Å². The van der Waals surface area contributed by atoms with E-state index in [1.807, 2.05) is 42.5 Å². The molecule has 0 radical (unpaired) electrons. The predicted molar refractivity (Wildman–Crippen MR) is 195 cm³/mol. The van der Waals surface area contributed by atoms with E-state index in [-0.39, 0.29) is 26.0 Å². The van der Waals surface area contributed by atoms with Gasteiger partial charge in [-0.3, -0.25) is 19.1 Å². The highest BCUT2D eigenvalue weighted by Gasteiger charge is 2.62. The Morgan fingerprint density at radius 1 is 1.06 bits per heavy atom. The van der Waals surface area contributed by atoms with Gasteiger partial charge in [-0.25, -0.2) is 18.2 Å². The second-order valence-electron chi connectivity index (χ2n) is 14.7. The Kier molecular flexibility index (Phi) is 10.6. The van der Waals surface area contributed by atoms with Crippen LogP contribution in [0.1, 0.15) is 82.6 Å². The minimum absolute atomic E-state index is 0.00369. The third-order valence-corrected chi connectivity index (χ3v) is 12.6. The monoisotopic (exact) mass is 749 g/mol. The maximum atomic E-state index is 14.4. The van der Waals surface area contributed by atoms with Crippen molar-refractivity contribution in [1.82, 2.24) is 25.2 Å². The summed E-state index contributed by atoms with van der Waals surface area (Å²) in [6, 6.07) is 3.64. The molecule has 2 aliphatic carbocycles. The molecule has 5 aliphatic rings. The number of fused-ring (bicyclic) bond motifs is 4. The largest absolute Gasteiger partial charge is 0.496 e. The Morgan fingerprint density at radius 3 is 2.68 bits per heavy atom. The Hall–Kier alpha value is -4.66. The Balaban J connectivity index is 1.23. The first-order valence-corrected chi connectivity index (χ1v) is 20.2. The van der Waals surface area contributed by atoms with Gasteiger partial charge in [-0.2, -0.15) is 0 Å². The van der Waals surface area contributed by atoms with Crippen LogP contribution in [0.2, 0.25) is 0 Å². The van der Waals surface area contributed by atoms with Crippen molar-refractivity contribution in [2.24, 2.45) is 5.92 Å². The summed E-state index contributed by atoms with van der Waals surface area (Å²) in [5.41, 5.74) is -0.668. The minimum atomic E-state index is -3.88. The van der Waals surface area contributed by atoms with Gasteiger partial charge in [-0.15, -0.1) is 0 Å². The first-order valence-electron chi connectivity index (χ1n) is 18.7. The molecule has 15 heteroatoms. The van der Waals surface area contributed by atoms with Crippen molar-refractivity contribution in [2.45, 2.75) is 106 Å². The summed E-state index contributed by atoms with van der Waals surface area (Å²) in [6.45, 7) is 0.178. The highest BCUT2D eigenvalue weighted by atomic mass is 32.2. The summed E-state index contributed by atoms with van der Waals surface area (Å²) in [5, 5.41) is 6.59. The lowest BCUT2D eigenvalue weighted by Gasteiger charge is -2.29. The highest BCUT2D eigenvalue weighted by Crippen LogP contribution is 2.46. The van der Waals surface area contributed by atoms with E-state index in [1.54, 1.807) is 13.3 Å². The van der Waals surface area contributed by atoms with Crippen LogP contribution in [0, 0.1) is 5.92 Å². The third kappa shape index (κ3) is 8.14. The van der Waals surface area contributed by atoms with Gasteiger partial charge < -0.3 is 29.7 Å². The third-order valence-electron chi connectivity index (χ3n) is 10.8. The van der Waals surface area contributed by atoms with Gasteiger partial charge in [0, 0.05) is 29.5 Å². The Bertz CT molecular complexity index is 1930. The predicted octanol–water partition coefficient (Wildman–Crippen LogP) is 3.89. The number of nitrogens with zero attached hydrogens (tertiary/aromatic N) is 2. The molecule has 0 unspecified atom stereocenters. The number of alkyl carbamates (subject to hydrolysis) is 1. The molecule has 5 bridgehead atoms. The van der Waals surface area contributed by atoms with Crippen LogP contribution in [-0.4, -0.2) is 91.4 Å². The van der Waals surface area contributed by atoms with Gasteiger partial charge in [0.15, 0.2) is 0 Å². The van der Waals surface area contributed by atoms with Crippen LogP contribution < -0.4 is 24.8 Å². The average molecular weight is 750 g/mol. The smallest absolute Gasteiger partial charge is 0.407 e. The summed E-state index contributed by atoms with van der Waals surface area (Å²) >= 11 is 0. The average Bonchev–Trinajstić information content (AvgIpc) is 4.06. The van der Waals surface area contributed by atoms with Gasteiger partial charge in [0.05, 0.1) is 25.5 Å². The van der Waals surface area contributed by atoms with Gasteiger partial charge in [0.2, 0.25) is 27.7 Å². The highest BCUT2D eigenvalue weighted by molar-refractivity contribution is 7.91. The molecule has 53 heavy (non-hydrogen) atoms. The van der Waals surface area contributed by atoms with E-state index in [0.717, 1.165) is 42.0 Å². The molecule has 14 nitrogen and oxygen atoms in total.